The predicted molar refractivity (Wildman–Crippen MR) is 140 cm³/mol. The van der Waals surface area contributed by atoms with E-state index in [9.17, 15) is 14.0 Å². The van der Waals surface area contributed by atoms with E-state index in [4.69, 9.17) is 14.2 Å². The smallest absolute Gasteiger partial charge is 0.254 e. The maximum Gasteiger partial charge on any atom is 0.254 e. The highest BCUT2D eigenvalue weighted by molar-refractivity contribution is 5.94. The number of pyridine rings is 1. The quantitative estimate of drug-likeness (QED) is 0.330. The van der Waals surface area contributed by atoms with Crippen LogP contribution in [0.2, 0.25) is 0 Å². The fraction of sp³-hybridized carbons (Fsp3) is 0.241. The van der Waals surface area contributed by atoms with E-state index >= 15 is 0 Å². The van der Waals surface area contributed by atoms with Crippen LogP contribution in [0.15, 0.2) is 71.5 Å². The molecule has 0 spiro atoms. The van der Waals surface area contributed by atoms with Crippen molar-refractivity contribution in [1.29, 1.82) is 0 Å². The van der Waals surface area contributed by atoms with E-state index < -0.39 is 5.82 Å². The zero-order chi connectivity index (χ0) is 26.4. The molecule has 0 aliphatic heterocycles. The molecule has 7 nitrogen and oxygen atoms in total. The summed E-state index contributed by atoms with van der Waals surface area (Å²) in [6.45, 7) is 2.83. The van der Waals surface area contributed by atoms with Gasteiger partial charge in [0.05, 0.1) is 27.4 Å². The first kappa shape index (κ1) is 25.8. The number of halogens is 1. The molecule has 4 rings (SSSR count). The Labute approximate surface area is 214 Å². The topological polar surface area (TPSA) is 80.9 Å². The first-order chi connectivity index (χ1) is 17.9. The van der Waals surface area contributed by atoms with Crippen molar-refractivity contribution in [2.24, 2.45) is 0 Å². The van der Waals surface area contributed by atoms with Gasteiger partial charge in [0.1, 0.15) is 11.6 Å². The second-order valence-corrected chi connectivity index (χ2v) is 8.48. The van der Waals surface area contributed by atoms with E-state index in [1.165, 1.54) is 24.3 Å². The number of rotatable bonds is 10. The summed E-state index contributed by atoms with van der Waals surface area (Å²) in [6.07, 6.45) is 0.507. The normalized spacial score (nSPS) is 10.8. The van der Waals surface area contributed by atoms with Gasteiger partial charge in [-0.3, -0.25) is 9.59 Å². The number of hydrogen-bond donors (Lipinski definition) is 1. The molecular formula is C29H29FN2O5. The molecule has 1 amide bonds. The maximum absolute atomic E-state index is 13.5. The first-order valence-electron chi connectivity index (χ1n) is 12.0. The minimum atomic E-state index is -0.426. The van der Waals surface area contributed by atoms with E-state index in [1.807, 2.05) is 31.2 Å². The molecule has 0 fully saturated rings. The molecular weight excluding hydrogens is 475 g/mol. The van der Waals surface area contributed by atoms with Crippen molar-refractivity contribution in [3.63, 3.8) is 0 Å². The highest BCUT2D eigenvalue weighted by atomic mass is 19.1. The molecule has 1 heterocycles. The lowest BCUT2D eigenvalue weighted by Crippen LogP contribution is -2.34. The number of nitrogens with zero attached hydrogens (tertiary/aromatic N) is 1. The Balaban J connectivity index is 1.65. The number of nitrogens with one attached hydrogen (secondary N) is 1. The summed E-state index contributed by atoms with van der Waals surface area (Å²) in [5.41, 5.74) is 2.11. The number of benzene rings is 3. The molecule has 1 N–H and O–H groups in total. The van der Waals surface area contributed by atoms with Crippen LogP contribution >= 0.6 is 0 Å². The summed E-state index contributed by atoms with van der Waals surface area (Å²) < 4.78 is 29.8. The monoisotopic (exact) mass is 504 g/mol. The van der Waals surface area contributed by atoms with Gasteiger partial charge in [-0.05, 0) is 79.6 Å². The number of carbonyl (C=O) groups excluding carboxylic acids is 1. The van der Waals surface area contributed by atoms with Gasteiger partial charge in [0.15, 0.2) is 11.5 Å². The highest BCUT2D eigenvalue weighted by Gasteiger charge is 2.19. The van der Waals surface area contributed by atoms with Crippen LogP contribution < -0.4 is 19.8 Å². The van der Waals surface area contributed by atoms with E-state index in [0.29, 0.717) is 53.5 Å². The van der Waals surface area contributed by atoms with Crippen molar-refractivity contribution in [2.45, 2.75) is 19.9 Å². The number of amides is 1. The molecule has 0 radical (unpaired) electrons. The lowest BCUT2D eigenvalue weighted by Gasteiger charge is -2.23. The van der Waals surface area contributed by atoms with Gasteiger partial charge < -0.3 is 24.1 Å². The molecule has 0 aliphatic carbocycles. The lowest BCUT2D eigenvalue weighted by atomic mass is 10.1. The van der Waals surface area contributed by atoms with E-state index in [-0.39, 0.29) is 18.0 Å². The van der Waals surface area contributed by atoms with Crippen molar-refractivity contribution in [1.82, 2.24) is 9.88 Å². The SMILES string of the molecule is CCOc1ccc2[nH]c(=O)c(CN(CCc3ccc(OC)c(OC)c3)C(=O)c3ccc(F)cc3)cc2c1. The van der Waals surface area contributed by atoms with Gasteiger partial charge in [0, 0.05) is 28.6 Å². The second-order valence-electron chi connectivity index (χ2n) is 8.48. The number of methoxy groups -OCH3 is 2. The Morgan fingerprint density at radius 2 is 1.70 bits per heavy atom. The van der Waals surface area contributed by atoms with Crippen molar-refractivity contribution < 1.29 is 23.4 Å². The van der Waals surface area contributed by atoms with Crippen LogP contribution in [0.5, 0.6) is 17.2 Å². The van der Waals surface area contributed by atoms with E-state index in [1.54, 1.807) is 37.3 Å². The number of H-pyrrole nitrogens is 1. The van der Waals surface area contributed by atoms with Gasteiger partial charge in [-0.25, -0.2) is 4.39 Å². The molecule has 0 aliphatic rings. The number of ether oxygens (including phenoxy) is 3. The molecule has 0 saturated heterocycles. The zero-order valence-electron chi connectivity index (χ0n) is 21.0. The number of carbonyl (C=O) groups is 1. The Morgan fingerprint density at radius 1 is 0.946 bits per heavy atom. The van der Waals surface area contributed by atoms with Crippen LogP contribution in [0.1, 0.15) is 28.4 Å². The molecule has 192 valence electrons. The van der Waals surface area contributed by atoms with Crippen LogP contribution in [-0.4, -0.2) is 43.2 Å². The predicted octanol–water partition coefficient (Wildman–Crippen LogP) is 4.97. The lowest BCUT2D eigenvalue weighted by molar-refractivity contribution is 0.0744. The number of aromatic nitrogens is 1. The molecule has 37 heavy (non-hydrogen) atoms. The molecule has 1 aromatic heterocycles. The minimum absolute atomic E-state index is 0.0770. The minimum Gasteiger partial charge on any atom is -0.494 e. The fourth-order valence-corrected chi connectivity index (χ4v) is 4.14. The average molecular weight is 505 g/mol. The maximum atomic E-state index is 13.5. The Bertz CT molecular complexity index is 1450. The van der Waals surface area contributed by atoms with E-state index in [0.717, 1.165) is 10.9 Å². The summed E-state index contributed by atoms with van der Waals surface area (Å²) in [4.78, 5) is 30.8. The van der Waals surface area contributed by atoms with Crippen molar-refractivity contribution in [2.75, 3.05) is 27.4 Å². The standard InChI is InChI=1S/C29H29FN2O5/c1-4-37-24-10-11-25-21(17-24)16-22(28(33)31-25)18-32(29(34)20-6-8-23(30)9-7-20)14-13-19-5-12-26(35-2)27(15-19)36-3/h5-12,15-17H,4,13-14,18H2,1-3H3,(H,31,33). The molecule has 8 heteroatoms. The van der Waals surface area contributed by atoms with Gasteiger partial charge in [-0.15, -0.1) is 0 Å². The van der Waals surface area contributed by atoms with Gasteiger partial charge in [-0.2, -0.15) is 0 Å². The third kappa shape index (κ3) is 6.09. The van der Waals surface area contributed by atoms with Crippen LogP contribution in [0, 0.1) is 5.82 Å². The summed E-state index contributed by atoms with van der Waals surface area (Å²) in [5, 5.41) is 0.801. The Morgan fingerprint density at radius 3 is 2.41 bits per heavy atom. The molecule has 0 unspecified atom stereocenters. The molecule has 0 saturated carbocycles. The molecule has 4 aromatic rings. The fourth-order valence-electron chi connectivity index (χ4n) is 4.14. The summed E-state index contributed by atoms with van der Waals surface area (Å²) >= 11 is 0. The van der Waals surface area contributed by atoms with Gasteiger partial charge in [0.25, 0.3) is 11.5 Å². The van der Waals surface area contributed by atoms with Crippen LogP contribution in [-0.2, 0) is 13.0 Å². The van der Waals surface area contributed by atoms with Crippen molar-refractivity contribution >= 4 is 16.8 Å². The van der Waals surface area contributed by atoms with E-state index in [2.05, 4.69) is 4.98 Å². The molecule has 0 bridgehead atoms. The van der Waals surface area contributed by atoms with Crippen LogP contribution in [0.4, 0.5) is 4.39 Å². The molecule has 0 atom stereocenters. The van der Waals surface area contributed by atoms with Crippen molar-refractivity contribution in [3.8, 4) is 17.2 Å². The first-order valence-corrected chi connectivity index (χ1v) is 12.0. The Hall–Kier alpha value is -4.33. The summed E-state index contributed by atoms with van der Waals surface area (Å²) in [5.74, 6) is 1.17. The third-order valence-corrected chi connectivity index (χ3v) is 6.06. The summed E-state index contributed by atoms with van der Waals surface area (Å²) in [6, 6.07) is 18.2. The number of aromatic amines is 1. The second kappa shape index (κ2) is 11.6. The zero-order valence-corrected chi connectivity index (χ0v) is 21.0. The average Bonchev–Trinajstić information content (AvgIpc) is 2.91. The van der Waals surface area contributed by atoms with Crippen molar-refractivity contribution in [3.05, 3.63) is 99.6 Å². The summed E-state index contributed by atoms with van der Waals surface area (Å²) in [7, 11) is 3.13. The third-order valence-electron chi connectivity index (χ3n) is 6.06. The highest BCUT2D eigenvalue weighted by Crippen LogP contribution is 2.28. The van der Waals surface area contributed by atoms with Crippen LogP contribution in [0.25, 0.3) is 10.9 Å². The Kier molecular flexibility index (Phi) is 8.08. The van der Waals surface area contributed by atoms with Crippen LogP contribution in [0.3, 0.4) is 0 Å². The molecule has 3 aromatic carbocycles. The number of hydrogen-bond acceptors (Lipinski definition) is 5. The van der Waals surface area contributed by atoms with Gasteiger partial charge >= 0.3 is 0 Å². The largest absolute Gasteiger partial charge is 0.494 e. The number of fused-ring (bicyclic) bond motifs is 1. The van der Waals surface area contributed by atoms with Gasteiger partial charge in [0.2, 0.25) is 0 Å². The van der Waals surface area contributed by atoms with Gasteiger partial charge in [-0.1, -0.05) is 6.07 Å².